The number of halogens is 1. The number of ether oxygens (including phenoxy) is 2. The van der Waals surface area contributed by atoms with E-state index in [-0.39, 0.29) is 0 Å². The first-order chi connectivity index (χ1) is 9.77. The lowest BCUT2D eigenvalue weighted by Gasteiger charge is -2.09. The van der Waals surface area contributed by atoms with Crippen LogP contribution in [0, 0.1) is 0 Å². The van der Waals surface area contributed by atoms with Crippen LogP contribution in [0.2, 0.25) is 5.02 Å². The smallest absolute Gasteiger partial charge is 0.119 e. The second-order valence-electron chi connectivity index (χ2n) is 4.67. The zero-order valence-electron chi connectivity index (χ0n) is 12.6. The lowest BCUT2D eigenvalue weighted by atomic mass is 10.1. The summed E-state index contributed by atoms with van der Waals surface area (Å²) in [5.41, 5.74) is 1.12. The van der Waals surface area contributed by atoms with E-state index in [0.717, 1.165) is 42.5 Å². The van der Waals surface area contributed by atoms with Gasteiger partial charge in [-0.2, -0.15) is 0 Å². The van der Waals surface area contributed by atoms with Crippen molar-refractivity contribution in [3.05, 3.63) is 28.8 Å². The molecule has 0 saturated heterocycles. The van der Waals surface area contributed by atoms with Crippen LogP contribution in [0.4, 0.5) is 0 Å². The predicted molar refractivity (Wildman–Crippen MR) is 84.9 cm³/mol. The fraction of sp³-hybridized carbons (Fsp3) is 0.625. The highest BCUT2D eigenvalue weighted by atomic mass is 35.5. The molecule has 0 spiro atoms. The average molecular weight is 300 g/mol. The Balaban J connectivity index is 2.06. The number of hydrogen-bond donors (Lipinski definition) is 1. The average Bonchev–Trinajstić information content (AvgIpc) is 2.47. The monoisotopic (exact) mass is 299 g/mol. The van der Waals surface area contributed by atoms with Crippen LogP contribution < -0.4 is 10.1 Å². The molecule has 0 unspecified atom stereocenters. The quantitative estimate of drug-likeness (QED) is 0.632. The van der Waals surface area contributed by atoms with Gasteiger partial charge in [0, 0.05) is 11.6 Å². The Morgan fingerprint density at radius 1 is 1.10 bits per heavy atom. The van der Waals surface area contributed by atoms with Crippen molar-refractivity contribution >= 4 is 11.6 Å². The summed E-state index contributed by atoms with van der Waals surface area (Å²) in [6.07, 6.45) is 3.36. The summed E-state index contributed by atoms with van der Waals surface area (Å²) in [5, 5.41) is 4.14. The molecular formula is C16H26ClNO2. The van der Waals surface area contributed by atoms with Crippen LogP contribution >= 0.6 is 11.6 Å². The van der Waals surface area contributed by atoms with Crippen LogP contribution in [0.1, 0.15) is 32.3 Å². The van der Waals surface area contributed by atoms with Crippen molar-refractivity contribution < 1.29 is 9.47 Å². The molecule has 4 heteroatoms. The Hall–Kier alpha value is -0.770. The van der Waals surface area contributed by atoms with E-state index in [0.29, 0.717) is 13.2 Å². The Morgan fingerprint density at radius 3 is 2.70 bits per heavy atom. The van der Waals surface area contributed by atoms with Gasteiger partial charge in [0.25, 0.3) is 0 Å². The highest BCUT2D eigenvalue weighted by Crippen LogP contribution is 2.22. The zero-order valence-corrected chi connectivity index (χ0v) is 13.3. The molecular weight excluding hydrogens is 274 g/mol. The number of hydrogen-bond acceptors (Lipinski definition) is 3. The van der Waals surface area contributed by atoms with Gasteiger partial charge in [-0.15, -0.1) is 0 Å². The maximum absolute atomic E-state index is 6.06. The van der Waals surface area contributed by atoms with E-state index < -0.39 is 0 Å². The zero-order chi connectivity index (χ0) is 14.6. The van der Waals surface area contributed by atoms with E-state index in [1.54, 1.807) is 0 Å². The maximum atomic E-state index is 6.06. The number of rotatable bonds is 11. The van der Waals surface area contributed by atoms with Gasteiger partial charge in [-0.3, -0.25) is 0 Å². The van der Waals surface area contributed by atoms with Gasteiger partial charge < -0.3 is 14.8 Å². The van der Waals surface area contributed by atoms with Gasteiger partial charge in [-0.1, -0.05) is 31.9 Å². The molecule has 1 rings (SSSR count). The molecule has 1 aromatic rings. The number of unbranched alkanes of at least 4 members (excludes halogenated alkanes) is 1. The molecule has 0 heterocycles. The standard InChI is InChI=1S/C16H26ClNO2/c1-3-5-8-18-9-10-19-11-12-20-15-6-7-16(17)14(4-2)13-15/h6-7,13,18H,3-5,8-12H2,1-2H3. The van der Waals surface area contributed by atoms with E-state index in [2.05, 4.69) is 19.2 Å². The van der Waals surface area contributed by atoms with Crippen LogP contribution in [-0.2, 0) is 11.2 Å². The first-order valence-corrected chi connectivity index (χ1v) is 7.85. The first kappa shape index (κ1) is 17.3. The summed E-state index contributed by atoms with van der Waals surface area (Å²) < 4.78 is 11.1. The topological polar surface area (TPSA) is 30.5 Å². The van der Waals surface area contributed by atoms with Crippen molar-refractivity contribution in [3.8, 4) is 5.75 Å². The van der Waals surface area contributed by atoms with Crippen LogP contribution in [-0.4, -0.2) is 32.9 Å². The SMILES string of the molecule is CCCCNCCOCCOc1ccc(Cl)c(CC)c1. The Bertz CT molecular complexity index is 371. The van der Waals surface area contributed by atoms with E-state index in [9.17, 15) is 0 Å². The molecule has 1 aromatic carbocycles. The normalized spacial score (nSPS) is 10.8. The minimum atomic E-state index is 0.569. The van der Waals surface area contributed by atoms with E-state index in [4.69, 9.17) is 21.1 Å². The second-order valence-corrected chi connectivity index (χ2v) is 5.08. The molecule has 3 nitrogen and oxygen atoms in total. The number of aryl methyl sites for hydroxylation is 1. The lowest BCUT2D eigenvalue weighted by Crippen LogP contribution is -2.21. The summed E-state index contributed by atoms with van der Waals surface area (Å²) in [6.45, 7) is 8.16. The van der Waals surface area contributed by atoms with Crippen molar-refractivity contribution in [2.75, 3.05) is 32.9 Å². The molecule has 0 radical (unpaired) electrons. The molecule has 0 atom stereocenters. The van der Waals surface area contributed by atoms with Crippen molar-refractivity contribution in [1.82, 2.24) is 5.32 Å². The minimum absolute atomic E-state index is 0.569. The molecule has 1 N–H and O–H groups in total. The summed E-state index contributed by atoms with van der Waals surface area (Å²) >= 11 is 6.06. The van der Waals surface area contributed by atoms with Gasteiger partial charge in [-0.05, 0) is 43.1 Å². The molecule has 0 amide bonds. The molecule has 0 fully saturated rings. The van der Waals surface area contributed by atoms with E-state index in [1.165, 1.54) is 12.8 Å². The van der Waals surface area contributed by atoms with Gasteiger partial charge in [0.1, 0.15) is 12.4 Å². The van der Waals surface area contributed by atoms with Crippen LogP contribution in [0.5, 0.6) is 5.75 Å². The summed E-state index contributed by atoms with van der Waals surface area (Å²) in [4.78, 5) is 0. The second kappa shape index (κ2) is 11.0. The third-order valence-corrected chi connectivity index (χ3v) is 3.39. The maximum Gasteiger partial charge on any atom is 0.119 e. The Labute approximate surface area is 127 Å². The van der Waals surface area contributed by atoms with Gasteiger partial charge in [0.15, 0.2) is 0 Å². The van der Waals surface area contributed by atoms with Crippen molar-refractivity contribution in [2.24, 2.45) is 0 Å². The molecule has 0 aromatic heterocycles. The minimum Gasteiger partial charge on any atom is -0.491 e. The molecule has 0 bridgehead atoms. The highest BCUT2D eigenvalue weighted by molar-refractivity contribution is 6.31. The molecule has 0 aliphatic carbocycles. The van der Waals surface area contributed by atoms with E-state index in [1.807, 2.05) is 18.2 Å². The molecule has 0 aliphatic rings. The van der Waals surface area contributed by atoms with Gasteiger partial charge >= 0.3 is 0 Å². The van der Waals surface area contributed by atoms with Crippen LogP contribution in [0.25, 0.3) is 0 Å². The third kappa shape index (κ3) is 7.13. The Morgan fingerprint density at radius 2 is 1.95 bits per heavy atom. The van der Waals surface area contributed by atoms with Gasteiger partial charge in [0.2, 0.25) is 0 Å². The lowest BCUT2D eigenvalue weighted by molar-refractivity contribution is 0.102. The summed E-state index contributed by atoms with van der Waals surface area (Å²) in [6, 6.07) is 5.77. The number of benzene rings is 1. The predicted octanol–water partition coefficient (Wildman–Crippen LogP) is 3.69. The van der Waals surface area contributed by atoms with Crippen LogP contribution in [0.3, 0.4) is 0 Å². The van der Waals surface area contributed by atoms with Crippen molar-refractivity contribution in [1.29, 1.82) is 0 Å². The van der Waals surface area contributed by atoms with Crippen molar-refractivity contribution in [3.63, 3.8) is 0 Å². The highest BCUT2D eigenvalue weighted by Gasteiger charge is 2.01. The van der Waals surface area contributed by atoms with Crippen LogP contribution in [0.15, 0.2) is 18.2 Å². The fourth-order valence-electron chi connectivity index (χ4n) is 1.80. The molecule has 114 valence electrons. The molecule has 0 aliphatic heterocycles. The number of nitrogens with one attached hydrogen (secondary N) is 1. The summed E-state index contributed by atoms with van der Waals surface area (Å²) in [5.74, 6) is 0.857. The fourth-order valence-corrected chi connectivity index (χ4v) is 2.05. The first-order valence-electron chi connectivity index (χ1n) is 7.47. The molecule has 20 heavy (non-hydrogen) atoms. The van der Waals surface area contributed by atoms with Gasteiger partial charge in [0.05, 0.1) is 13.2 Å². The Kier molecular flexibility index (Phi) is 9.46. The summed E-state index contributed by atoms with van der Waals surface area (Å²) in [7, 11) is 0. The third-order valence-electron chi connectivity index (χ3n) is 3.02. The van der Waals surface area contributed by atoms with Gasteiger partial charge in [-0.25, -0.2) is 0 Å². The largest absolute Gasteiger partial charge is 0.491 e. The van der Waals surface area contributed by atoms with E-state index >= 15 is 0 Å². The molecule has 0 saturated carbocycles. The van der Waals surface area contributed by atoms with Crippen molar-refractivity contribution in [2.45, 2.75) is 33.1 Å².